The van der Waals surface area contributed by atoms with Crippen molar-refractivity contribution < 1.29 is 19.0 Å². The Balaban J connectivity index is 2.48. The summed E-state index contributed by atoms with van der Waals surface area (Å²) in [5.74, 6) is 1.92. The quantitative estimate of drug-likeness (QED) is 0.218. The van der Waals surface area contributed by atoms with E-state index in [1.807, 2.05) is 59.8 Å². The fraction of sp³-hybridized carbons (Fsp3) is 0.345. The highest BCUT2D eigenvalue weighted by molar-refractivity contribution is 6.07. The van der Waals surface area contributed by atoms with Crippen molar-refractivity contribution >= 4 is 11.9 Å². The van der Waals surface area contributed by atoms with Gasteiger partial charge in [0.15, 0.2) is 5.78 Å². The lowest BCUT2D eigenvalue weighted by Gasteiger charge is -2.28. The van der Waals surface area contributed by atoms with Crippen LogP contribution in [0.1, 0.15) is 63.0 Å². The van der Waals surface area contributed by atoms with Crippen LogP contribution in [0.15, 0.2) is 67.8 Å². The summed E-state index contributed by atoms with van der Waals surface area (Å²) in [4.78, 5) is 12.9. The Morgan fingerprint density at radius 1 is 0.879 bits per heavy atom. The molecule has 0 amide bonds. The SMILES string of the molecule is C=CCOc1ccc(C(=O)C=Cc2c(OC(C)(C)C)ccc(CC=C)c2OC(C)(C)C)cc1. The second kappa shape index (κ2) is 11.0. The number of hydrogen-bond donors (Lipinski definition) is 0. The number of carbonyl (C=O) groups excluding carboxylic acids is 1. The van der Waals surface area contributed by atoms with Gasteiger partial charge in [-0.3, -0.25) is 4.79 Å². The van der Waals surface area contributed by atoms with E-state index >= 15 is 0 Å². The van der Waals surface area contributed by atoms with Crippen LogP contribution in [0.4, 0.5) is 0 Å². The summed E-state index contributed by atoms with van der Waals surface area (Å²) >= 11 is 0. The van der Waals surface area contributed by atoms with Gasteiger partial charge >= 0.3 is 0 Å². The van der Waals surface area contributed by atoms with Crippen molar-refractivity contribution in [3.63, 3.8) is 0 Å². The highest BCUT2D eigenvalue weighted by Gasteiger charge is 2.22. The summed E-state index contributed by atoms with van der Waals surface area (Å²) in [6.07, 6.45) is 7.49. The standard InChI is InChI=1S/C29H36O4/c1-9-11-22-14-19-26(32-28(3,4)5)24(27(22)33-29(6,7)8)17-18-25(30)21-12-15-23(16-13-21)31-20-10-2/h9-10,12-19H,1-2,11,20H2,3-8H3. The molecule has 0 aliphatic carbocycles. The van der Waals surface area contributed by atoms with Crippen LogP contribution in [0.25, 0.3) is 6.08 Å². The molecule has 0 heterocycles. The molecule has 0 fully saturated rings. The minimum atomic E-state index is -0.426. The van der Waals surface area contributed by atoms with Crippen molar-refractivity contribution in [2.24, 2.45) is 0 Å². The van der Waals surface area contributed by atoms with Gasteiger partial charge in [-0.05, 0) is 96.0 Å². The summed E-state index contributed by atoms with van der Waals surface area (Å²) < 4.78 is 18.1. The second-order valence-electron chi connectivity index (χ2n) is 9.71. The van der Waals surface area contributed by atoms with Crippen molar-refractivity contribution in [2.45, 2.75) is 59.2 Å². The Hall–Kier alpha value is -3.27. The molecule has 2 rings (SSSR count). The molecule has 4 nitrogen and oxygen atoms in total. The predicted octanol–water partition coefficient (Wildman–Crippen LogP) is 7.23. The van der Waals surface area contributed by atoms with Crippen LogP contribution in [0.2, 0.25) is 0 Å². The van der Waals surface area contributed by atoms with Crippen LogP contribution in [-0.4, -0.2) is 23.6 Å². The van der Waals surface area contributed by atoms with Gasteiger partial charge in [0, 0.05) is 5.56 Å². The largest absolute Gasteiger partial charge is 0.490 e. The molecule has 0 aliphatic heterocycles. The first-order chi connectivity index (χ1) is 15.4. The zero-order valence-corrected chi connectivity index (χ0v) is 20.7. The van der Waals surface area contributed by atoms with Crippen molar-refractivity contribution in [1.29, 1.82) is 0 Å². The molecular weight excluding hydrogens is 412 g/mol. The van der Waals surface area contributed by atoms with E-state index in [-0.39, 0.29) is 5.78 Å². The minimum Gasteiger partial charge on any atom is -0.490 e. The van der Waals surface area contributed by atoms with Crippen LogP contribution in [0.3, 0.4) is 0 Å². The summed E-state index contributed by atoms with van der Waals surface area (Å²) in [5.41, 5.74) is 1.45. The van der Waals surface area contributed by atoms with E-state index in [4.69, 9.17) is 14.2 Å². The van der Waals surface area contributed by atoms with E-state index in [2.05, 4.69) is 13.2 Å². The van der Waals surface area contributed by atoms with E-state index in [1.54, 1.807) is 42.5 Å². The summed E-state index contributed by atoms with van der Waals surface area (Å²) in [5, 5.41) is 0. The second-order valence-corrected chi connectivity index (χ2v) is 9.71. The van der Waals surface area contributed by atoms with Gasteiger partial charge in [-0.15, -0.1) is 6.58 Å². The molecule has 0 aromatic heterocycles. The Labute approximate surface area is 198 Å². The number of ketones is 1. The molecular formula is C29H36O4. The zero-order chi connectivity index (χ0) is 24.6. The van der Waals surface area contributed by atoms with Crippen molar-refractivity contribution in [1.82, 2.24) is 0 Å². The molecule has 0 bridgehead atoms. The lowest BCUT2D eigenvalue weighted by atomic mass is 10.0. The van der Waals surface area contributed by atoms with E-state index in [1.165, 1.54) is 0 Å². The van der Waals surface area contributed by atoms with Gasteiger partial charge in [-0.25, -0.2) is 0 Å². The van der Waals surface area contributed by atoms with Gasteiger partial charge < -0.3 is 14.2 Å². The molecule has 176 valence electrons. The maximum absolute atomic E-state index is 12.9. The van der Waals surface area contributed by atoms with Crippen LogP contribution in [0.5, 0.6) is 17.2 Å². The van der Waals surface area contributed by atoms with Crippen LogP contribution in [0, 0.1) is 0 Å². The van der Waals surface area contributed by atoms with Gasteiger partial charge in [0.1, 0.15) is 35.1 Å². The first-order valence-electron chi connectivity index (χ1n) is 11.1. The molecule has 0 radical (unpaired) electrons. The van der Waals surface area contributed by atoms with E-state index in [0.717, 1.165) is 11.1 Å². The molecule has 4 heteroatoms. The van der Waals surface area contributed by atoms with Crippen LogP contribution >= 0.6 is 0 Å². The maximum Gasteiger partial charge on any atom is 0.185 e. The van der Waals surface area contributed by atoms with Crippen LogP contribution in [-0.2, 0) is 6.42 Å². The van der Waals surface area contributed by atoms with Gasteiger partial charge in [-0.2, -0.15) is 0 Å². The van der Waals surface area contributed by atoms with Crippen molar-refractivity contribution in [3.8, 4) is 17.2 Å². The lowest BCUT2D eigenvalue weighted by Crippen LogP contribution is -2.26. The summed E-state index contributed by atoms with van der Waals surface area (Å²) in [7, 11) is 0. The van der Waals surface area contributed by atoms with Crippen molar-refractivity contribution in [3.05, 3.63) is 84.5 Å². The van der Waals surface area contributed by atoms with Gasteiger partial charge in [0.2, 0.25) is 0 Å². The molecule has 33 heavy (non-hydrogen) atoms. The molecule has 0 atom stereocenters. The average molecular weight is 449 g/mol. The smallest absolute Gasteiger partial charge is 0.185 e. The normalized spacial score (nSPS) is 11.8. The summed E-state index contributed by atoms with van der Waals surface area (Å²) in [6, 6.07) is 11.0. The molecule has 0 spiro atoms. The first kappa shape index (κ1) is 26.0. The Kier molecular flexibility index (Phi) is 8.69. The van der Waals surface area contributed by atoms with Gasteiger partial charge in [0.05, 0.1) is 5.56 Å². The number of rotatable bonds is 10. The highest BCUT2D eigenvalue weighted by Crippen LogP contribution is 2.38. The number of benzene rings is 2. The predicted molar refractivity (Wildman–Crippen MR) is 137 cm³/mol. The zero-order valence-electron chi connectivity index (χ0n) is 20.7. The highest BCUT2D eigenvalue weighted by atomic mass is 16.5. The Bertz CT molecular complexity index is 1000. The van der Waals surface area contributed by atoms with Crippen LogP contribution < -0.4 is 14.2 Å². The first-order valence-corrected chi connectivity index (χ1v) is 11.1. The molecule has 0 saturated heterocycles. The third-order valence-corrected chi connectivity index (χ3v) is 4.33. The molecule has 0 aliphatic rings. The Morgan fingerprint density at radius 3 is 2.06 bits per heavy atom. The molecule has 0 unspecified atom stereocenters. The molecule has 0 N–H and O–H groups in total. The topological polar surface area (TPSA) is 44.8 Å². The average Bonchev–Trinajstić information content (AvgIpc) is 2.72. The number of carbonyl (C=O) groups is 1. The van der Waals surface area contributed by atoms with E-state index in [9.17, 15) is 4.79 Å². The number of ether oxygens (including phenoxy) is 3. The Morgan fingerprint density at radius 2 is 1.52 bits per heavy atom. The van der Waals surface area contributed by atoms with E-state index < -0.39 is 11.2 Å². The monoisotopic (exact) mass is 448 g/mol. The third kappa shape index (κ3) is 8.30. The van der Waals surface area contributed by atoms with Crippen molar-refractivity contribution in [2.75, 3.05) is 6.61 Å². The fourth-order valence-corrected chi connectivity index (χ4v) is 3.07. The fourth-order valence-electron chi connectivity index (χ4n) is 3.07. The van der Waals surface area contributed by atoms with E-state index in [0.29, 0.717) is 35.8 Å². The minimum absolute atomic E-state index is 0.122. The number of hydrogen-bond acceptors (Lipinski definition) is 4. The molecule has 2 aromatic carbocycles. The molecule has 0 saturated carbocycles. The maximum atomic E-state index is 12.9. The third-order valence-electron chi connectivity index (χ3n) is 4.33. The van der Waals surface area contributed by atoms with Gasteiger partial charge in [0.25, 0.3) is 0 Å². The molecule has 2 aromatic rings. The summed E-state index contributed by atoms with van der Waals surface area (Å²) in [6.45, 7) is 19.9. The number of allylic oxidation sites excluding steroid dienone is 2. The lowest BCUT2D eigenvalue weighted by molar-refractivity contribution is 0.104. The van der Waals surface area contributed by atoms with Gasteiger partial charge in [-0.1, -0.05) is 24.8 Å².